The van der Waals surface area contributed by atoms with Crippen molar-refractivity contribution in [1.29, 1.82) is 0 Å². The summed E-state index contributed by atoms with van der Waals surface area (Å²) in [6, 6.07) is 0. The van der Waals surface area contributed by atoms with Gasteiger partial charge in [0.15, 0.2) is 0 Å². The van der Waals surface area contributed by atoms with Gasteiger partial charge in [0.1, 0.15) is 5.60 Å². The highest BCUT2D eigenvalue weighted by molar-refractivity contribution is 8.00. The van der Waals surface area contributed by atoms with Gasteiger partial charge in [0.2, 0.25) is 0 Å². The van der Waals surface area contributed by atoms with Crippen LogP contribution in [0.25, 0.3) is 0 Å². The second-order valence-corrected chi connectivity index (χ2v) is 6.64. The average molecular weight is 264 g/mol. The number of thioether (sulfide) groups is 1. The molecule has 0 saturated carbocycles. The van der Waals surface area contributed by atoms with Crippen LogP contribution >= 0.6 is 11.8 Å². The van der Waals surface area contributed by atoms with Crippen LogP contribution in [-0.4, -0.2) is 28.7 Å². The van der Waals surface area contributed by atoms with E-state index in [1.165, 1.54) is 11.8 Å². The molecule has 2 unspecified atom stereocenters. The van der Waals surface area contributed by atoms with Gasteiger partial charge in [-0.3, -0.25) is 4.79 Å². The molecule has 2 atom stereocenters. The molecule has 102 valence electrons. The predicted octanol–water partition coefficient (Wildman–Crippen LogP) is 3.98. The molecule has 0 saturated heterocycles. The summed E-state index contributed by atoms with van der Waals surface area (Å²) in [5, 5.41) is -0.172. The largest absolute Gasteiger partial charge is 0.459 e. The number of alkyl halides is 1. The molecular weight excluding hydrogens is 239 g/mol. The topological polar surface area (TPSA) is 26.3 Å². The van der Waals surface area contributed by atoms with Crippen molar-refractivity contribution < 1.29 is 13.9 Å². The number of hydrogen-bond acceptors (Lipinski definition) is 3. The first-order valence-electron chi connectivity index (χ1n) is 6.24. The zero-order valence-electron chi connectivity index (χ0n) is 11.6. The van der Waals surface area contributed by atoms with Gasteiger partial charge in [-0.15, -0.1) is 11.8 Å². The molecule has 0 aromatic heterocycles. The summed E-state index contributed by atoms with van der Waals surface area (Å²) in [6.45, 7) is 9.26. The molecule has 0 fully saturated rings. The number of carbonyl (C=O) groups excluding carboxylic acids is 1. The minimum atomic E-state index is -0.701. The van der Waals surface area contributed by atoms with Gasteiger partial charge in [-0.2, -0.15) is 0 Å². The maximum absolute atomic E-state index is 12.9. The van der Waals surface area contributed by atoms with Crippen molar-refractivity contribution in [2.45, 2.75) is 70.9 Å². The highest BCUT2D eigenvalue weighted by Crippen LogP contribution is 2.18. The molecular formula is C13H25FO2S. The Hall–Kier alpha value is -0.250. The molecule has 17 heavy (non-hydrogen) atoms. The lowest BCUT2D eigenvalue weighted by Gasteiger charge is -2.22. The van der Waals surface area contributed by atoms with Gasteiger partial charge in [0.05, 0.1) is 11.4 Å². The maximum atomic E-state index is 12.9. The standard InChI is InChI=1S/C13H25FO2S/c1-6-11(14)8-7-9-17-10(2)12(15)16-13(3,4)5/h10-11H,6-9H2,1-5H3. The van der Waals surface area contributed by atoms with Gasteiger partial charge in [-0.05, 0) is 52.7 Å². The van der Waals surface area contributed by atoms with Crippen molar-refractivity contribution in [2.24, 2.45) is 0 Å². The molecule has 0 radical (unpaired) electrons. The minimum absolute atomic E-state index is 0.172. The maximum Gasteiger partial charge on any atom is 0.319 e. The fourth-order valence-corrected chi connectivity index (χ4v) is 2.09. The van der Waals surface area contributed by atoms with Crippen molar-refractivity contribution in [1.82, 2.24) is 0 Å². The lowest BCUT2D eigenvalue weighted by molar-refractivity contribution is -0.153. The van der Waals surface area contributed by atoms with Crippen LogP contribution in [0.1, 0.15) is 53.9 Å². The van der Waals surface area contributed by atoms with Gasteiger partial charge in [0, 0.05) is 0 Å². The molecule has 0 bridgehead atoms. The SMILES string of the molecule is CCC(F)CCCSC(C)C(=O)OC(C)(C)C. The zero-order valence-corrected chi connectivity index (χ0v) is 12.4. The summed E-state index contributed by atoms with van der Waals surface area (Å²) in [5.41, 5.74) is -0.432. The van der Waals surface area contributed by atoms with Crippen molar-refractivity contribution in [3.8, 4) is 0 Å². The quantitative estimate of drug-likeness (QED) is 0.514. The van der Waals surface area contributed by atoms with Crippen LogP contribution in [-0.2, 0) is 9.53 Å². The second kappa shape index (κ2) is 7.96. The van der Waals surface area contributed by atoms with E-state index >= 15 is 0 Å². The van der Waals surface area contributed by atoms with E-state index in [0.29, 0.717) is 12.8 Å². The Kier molecular flexibility index (Phi) is 7.84. The monoisotopic (exact) mass is 264 g/mol. The number of ether oxygens (including phenoxy) is 1. The molecule has 0 amide bonds. The van der Waals surface area contributed by atoms with Crippen LogP contribution in [0.3, 0.4) is 0 Å². The average Bonchev–Trinajstić information content (AvgIpc) is 2.21. The van der Waals surface area contributed by atoms with Crippen LogP contribution in [0.2, 0.25) is 0 Å². The fourth-order valence-electron chi connectivity index (χ4n) is 1.22. The van der Waals surface area contributed by atoms with Crippen LogP contribution in [0.5, 0.6) is 0 Å². The Bertz CT molecular complexity index is 226. The van der Waals surface area contributed by atoms with E-state index < -0.39 is 11.8 Å². The van der Waals surface area contributed by atoms with Crippen LogP contribution < -0.4 is 0 Å². The lowest BCUT2D eigenvalue weighted by Crippen LogP contribution is -2.29. The molecule has 0 aliphatic heterocycles. The van der Waals surface area contributed by atoms with E-state index in [2.05, 4.69) is 0 Å². The third-order valence-electron chi connectivity index (χ3n) is 2.21. The molecule has 0 aromatic carbocycles. The normalized spacial score (nSPS) is 15.4. The molecule has 0 N–H and O–H groups in total. The second-order valence-electron chi connectivity index (χ2n) is 5.19. The molecule has 0 aliphatic carbocycles. The first-order chi connectivity index (χ1) is 7.76. The van der Waals surface area contributed by atoms with Crippen molar-refractivity contribution in [3.63, 3.8) is 0 Å². The molecule has 0 rings (SSSR count). The number of carbonyl (C=O) groups is 1. The smallest absolute Gasteiger partial charge is 0.319 e. The first kappa shape index (κ1) is 16.8. The zero-order chi connectivity index (χ0) is 13.5. The first-order valence-corrected chi connectivity index (χ1v) is 7.29. The molecule has 2 nitrogen and oxygen atoms in total. The third kappa shape index (κ3) is 9.45. The Labute approximate surface area is 109 Å². The molecule has 4 heteroatoms. The Balaban J connectivity index is 3.72. The van der Waals surface area contributed by atoms with Crippen molar-refractivity contribution in [3.05, 3.63) is 0 Å². The van der Waals surface area contributed by atoms with Gasteiger partial charge in [-0.25, -0.2) is 4.39 Å². The van der Waals surface area contributed by atoms with E-state index in [1.54, 1.807) is 0 Å². The molecule has 0 aromatic rings. The highest BCUT2D eigenvalue weighted by Gasteiger charge is 2.21. The van der Waals surface area contributed by atoms with Crippen LogP contribution in [0.4, 0.5) is 4.39 Å². The summed E-state index contributed by atoms with van der Waals surface area (Å²) in [7, 11) is 0. The summed E-state index contributed by atoms with van der Waals surface area (Å²) in [6.07, 6.45) is 1.27. The van der Waals surface area contributed by atoms with Gasteiger partial charge < -0.3 is 4.74 Å². The van der Waals surface area contributed by atoms with E-state index in [9.17, 15) is 9.18 Å². The Morgan fingerprint density at radius 2 is 2.00 bits per heavy atom. The van der Waals surface area contributed by atoms with Gasteiger partial charge in [0.25, 0.3) is 0 Å². The summed E-state index contributed by atoms with van der Waals surface area (Å²) in [5.74, 6) is 0.621. The molecule has 0 heterocycles. The molecule has 0 aliphatic rings. The summed E-state index contributed by atoms with van der Waals surface area (Å²) in [4.78, 5) is 11.6. The van der Waals surface area contributed by atoms with E-state index in [4.69, 9.17) is 4.74 Å². The predicted molar refractivity (Wildman–Crippen MR) is 72.2 cm³/mol. The van der Waals surface area contributed by atoms with Gasteiger partial charge in [-0.1, -0.05) is 6.92 Å². The lowest BCUT2D eigenvalue weighted by atomic mass is 10.2. The van der Waals surface area contributed by atoms with Crippen molar-refractivity contribution >= 4 is 17.7 Å². The van der Waals surface area contributed by atoms with Crippen LogP contribution in [0, 0.1) is 0 Å². The van der Waals surface area contributed by atoms with E-state index in [1.807, 2.05) is 34.6 Å². The van der Waals surface area contributed by atoms with E-state index in [-0.39, 0.29) is 11.2 Å². The Morgan fingerprint density at radius 1 is 1.41 bits per heavy atom. The fraction of sp³-hybridized carbons (Fsp3) is 0.923. The summed E-state index contributed by atoms with van der Waals surface area (Å²) < 4.78 is 18.2. The highest BCUT2D eigenvalue weighted by atomic mass is 32.2. The minimum Gasteiger partial charge on any atom is -0.459 e. The number of halogens is 1. The van der Waals surface area contributed by atoms with E-state index in [0.717, 1.165) is 12.2 Å². The number of hydrogen-bond donors (Lipinski definition) is 0. The molecule has 0 spiro atoms. The summed E-state index contributed by atoms with van der Waals surface area (Å²) >= 11 is 1.54. The Morgan fingerprint density at radius 3 is 2.47 bits per heavy atom. The third-order valence-corrected chi connectivity index (χ3v) is 3.43. The van der Waals surface area contributed by atoms with Crippen molar-refractivity contribution in [2.75, 3.05) is 5.75 Å². The number of esters is 1. The van der Waals surface area contributed by atoms with Gasteiger partial charge >= 0.3 is 5.97 Å². The number of rotatable bonds is 7. The van der Waals surface area contributed by atoms with Crippen LogP contribution in [0.15, 0.2) is 0 Å².